The van der Waals surface area contributed by atoms with Crippen LogP contribution in [0.4, 0.5) is 0 Å². The lowest BCUT2D eigenvalue weighted by Crippen LogP contribution is -2.19. The average Bonchev–Trinajstić information content (AvgIpc) is 3.07. The molecule has 1 aromatic rings. The zero-order valence-corrected chi connectivity index (χ0v) is 15.6. The number of carboxylic acids is 1. The number of allylic oxidation sites excluding steroid dienone is 1. The molecule has 0 amide bonds. The summed E-state index contributed by atoms with van der Waals surface area (Å²) in [6, 6.07) is 7.72. The molecule has 1 atom stereocenters. The fourth-order valence-electron chi connectivity index (χ4n) is 4.41. The Bertz CT molecular complexity index is 712. The van der Waals surface area contributed by atoms with E-state index in [1.54, 1.807) is 6.92 Å². The Labute approximate surface area is 156 Å². The van der Waals surface area contributed by atoms with Gasteiger partial charge in [-0.05, 0) is 67.7 Å². The Hall–Kier alpha value is -2.21. The first-order valence-electron chi connectivity index (χ1n) is 9.68. The van der Waals surface area contributed by atoms with Crippen molar-refractivity contribution in [2.75, 3.05) is 6.61 Å². The molecule has 1 aromatic carbocycles. The molecule has 0 bridgehead atoms. The highest BCUT2D eigenvalue weighted by atomic mass is 16.5. The van der Waals surface area contributed by atoms with Crippen LogP contribution < -0.4 is 4.74 Å². The van der Waals surface area contributed by atoms with Gasteiger partial charge in [0.15, 0.2) is 0 Å². The van der Waals surface area contributed by atoms with Crippen molar-refractivity contribution in [2.45, 2.75) is 64.2 Å². The van der Waals surface area contributed by atoms with Crippen molar-refractivity contribution in [1.29, 1.82) is 0 Å². The molecule has 1 saturated carbocycles. The van der Waals surface area contributed by atoms with Gasteiger partial charge in [-0.2, -0.15) is 0 Å². The summed E-state index contributed by atoms with van der Waals surface area (Å²) in [5.41, 5.74) is 2.82. The maximum absolute atomic E-state index is 11.0. The van der Waals surface area contributed by atoms with Gasteiger partial charge < -0.3 is 9.84 Å². The number of benzene rings is 1. The van der Waals surface area contributed by atoms with Gasteiger partial charge in [0.2, 0.25) is 0 Å². The molecule has 1 spiro atoms. The molecule has 1 N–H and O–H groups in total. The first-order chi connectivity index (χ1) is 12.6. The second-order valence-electron chi connectivity index (χ2n) is 7.63. The number of ether oxygens (including phenoxy) is 1. The molecule has 1 fully saturated rings. The number of carboxylic acid groups (broad SMARTS) is 1. The monoisotopic (exact) mass is 352 g/mol. The molecule has 0 saturated heterocycles. The standard InChI is InChI=1S/C23H28O3/c1-2-6-20(15-22(24)25)19-8-10-21(11-9-19)26-17-18-7-5-14-23(16-18)12-3-4-13-23/h8-11,16,20H,3-5,7,12-15,17H2,1H3,(H,24,25)/t20-/m0/s1. The zero-order chi connectivity index (χ0) is 18.4. The Kier molecular flexibility index (Phi) is 6.04. The summed E-state index contributed by atoms with van der Waals surface area (Å²) in [5.74, 6) is 5.54. The number of hydrogen-bond donors (Lipinski definition) is 1. The van der Waals surface area contributed by atoms with Crippen molar-refractivity contribution in [3.8, 4) is 17.6 Å². The molecule has 2 aliphatic rings. The highest BCUT2D eigenvalue weighted by Gasteiger charge is 2.33. The molecular weight excluding hydrogens is 324 g/mol. The molecule has 3 nitrogen and oxygen atoms in total. The van der Waals surface area contributed by atoms with Gasteiger partial charge in [-0.1, -0.05) is 37.0 Å². The minimum absolute atomic E-state index is 0.0238. The Morgan fingerprint density at radius 2 is 1.88 bits per heavy atom. The largest absolute Gasteiger partial charge is 0.489 e. The summed E-state index contributed by atoms with van der Waals surface area (Å²) in [6.45, 7) is 2.40. The molecule has 26 heavy (non-hydrogen) atoms. The van der Waals surface area contributed by atoms with E-state index in [4.69, 9.17) is 9.84 Å². The predicted molar refractivity (Wildman–Crippen MR) is 103 cm³/mol. The maximum Gasteiger partial charge on any atom is 0.304 e. The average molecular weight is 352 g/mol. The minimum Gasteiger partial charge on any atom is -0.489 e. The Morgan fingerprint density at radius 1 is 1.19 bits per heavy atom. The highest BCUT2D eigenvalue weighted by molar-refractivity contribution is 5.69. The lowest BCUT2D eigenvalue weighted by molar-refractivity contribution is -0.137. The van der Waals surface area contributed by atoms with Crippen molar-refractivity contribution >= 4 is 5.97 Å². The highest BCUT2D eigenvalue weighted by Crippen LogP contribution is 2.47. The van der Waals surface area contributed by atoms with Gasteiger partial charge in [0.1, 0.15) is 12.4 Å². The predicted octanol–water partition coefficient (Wildman–Crippen LogP) is 5.32. The minimum atomic E-state index is -0.830. The number of rotatable bonds is 6. The molecule has 0 aromatic heterocycles. The molecule has 0 aliphatic heterocycles. The fourth-order valence-corrected chi connectivity index (χ4v) is 4.41. The van der Waals surface area contributed by atoms with E-state index >= 15 is 0 Å². The summed E-state index contributed by atoms with van der Waals surface area (Å²) >= 11 is 0. The van der Waals surface area contributed by atoms with Gasteiger partial charge in [0.25, 0.3) is 0 Å². The Morgan fingerprint density at radius 3 is 2.54 bits per heavy atom. The SMILES string of the molecule is CC#C[C@@H](CC(=O)O)c1ccc(OCC2=CC3(CCCC3)CCC2)cc1. The van der Waals surface area contributed by atoms with Gasteiger partial charge in [0, 0.05) is 0 Å². The summed E-state index contributed by atoms with van der Waals surface area (Å²) in [7, 11) is 0. The second-order valence-corrected chi connectivity index (χ2v) is 7.63. The summed E-state index contributed by atoms with van der Waals surface area (Å²) in [5, 5.41) is 9.04. The molecule has 0 heterocycles. The quantitative estimate of drug-likeness (QED) is 0.557. The van der Waals surface area contributed by atoms with E-state index in [1.165, 1.54) is 44.1 Å². The van der Waals surface area contributed by atoms with Crippen LogP contribution in [-0.2, 0) is 4.79 Å². The van der Waals surface area contributed by atoms with Crippen LogP contribution in [0, 0.1) is 17.3 Å². The van der Waals surface area contributed by atoms with Crippen LogP contribution in [0.25, 0.3) is 0 Å². The lowest BCUT2D eigenvalue weighted by Gasteiger charge is -2.31. The summed E-state index contributed by atoms with van der Waals surface area (Å²) < 4.78 is 6.00. The third-order valence-corrected chi connectivity index (χ3v) is 5.69. The lowest BCUT2D eigenvalue weighted by atomic mass is 9.75. The second kappa shape index (κ2) is 8.45. The van der Waals surface area contributed by atoms with E-state index in [-0.39, 0.29) is 12.3 Å². The van der Waals surface area contributed by atoms with Crippen LogP contribution in [0.3, 0.4) is 0 Å². The fraction of sp³-hybridized carbons (Fsp3) is 0.522. The number of carbonyl (C=O) groups is 1. The summed E-state index contributed by atoms with van der Waals surface area (Å²) in [6.07, 6.45) is 11.7. The first kappa shape index (κ1) is 18.6. The molecule has 138 valence electrons. The molecular formula is C23H28O3. The normalized spacial score (nSPS) is 19.3. The number of hydrogen-bond acceptors (Lipinski definition) is 2. The van der Waals surface area contributed by atoms with E-state index in [9.17, 15) is 4.79 Å². The van der Waals surface area contributed by atoms with Gasteiger partial charge >= 0.3 is 5.97 Å². The van der Waals surface area contributed by atoms with Gasteiger partial charge in [-0.3, -0.25) is 4.79 Å². The van der Waals surface area contributed by atoms with Gasteiger partial charge in [-0.15, -0.1) is 5.92 Å². The zero-order valence-electron chi connectivity index (χ0n) is 15.6. The maximum atomic E-state index is 11.0. The smallest absolute Gasteiger partial charge is 0.304 e. The van der Waals surface area contributed by atoms with Crippen molar-refractivity contribution in [3.05, 3.63) is 41.5 Å². The van der Waals surface area contributed by atoms with Gasteiger partial charge in [-0.25, -0.2) is 0 Å². The van der Waals surface area contributed by atoms with Crippen molar-refractivity contribution in [2.24, 2.45) is 5.41 Å². The van der Waals surface area contributed by atoms with Gasteiger partial charge in [0.05, 0.1) is 12.3 Å². The molecule has 0 radical (unpaired) electrons. The third kappa shape index (κ3) is 4.69. The van der Waals surface area contributed by atoms with Crippen LogP contribution >= 0.6 is 0 Å². The van der Waals surface area contributed by atoms with E-state index in [0.29, 0.717) is 12.0 Å². The molecule has 2 aliphatic carbocycles. The van der Waals surface area contributed by atoms with Crippen LogP contribution in [-0.4, -0.2) is 17.7 Å². The van der Waals surface area contributed by atoms with Crippen LogP contribution in [0.15, 0.2) is 35.9 Å². The van der Waals surface area contributed by atoms with E-state index < -0.39 is 5.97 Å². The third-order valence-electron chi connectivity index (χ3n) is 5.69. The van der Waals surface area contributed by atoms with Crippen molar-refractivity contribution in [3.63, 3.8) is 0 Å². The summed E-state index contributed by atoms with van der Waals surface area (Å²) in [4.78, 5) is 11.0. The van der Waals surface area contributed by atoms with E-state index in [1.807, 2.05) is 24.3 Å². The van der Waals surface area contributed by atoms with E-state index in [2.05, 4.69) is 17.9 Å². The van der Waals surface area contributed by atoms with E-state index in [0.717, 1.165) is 17.7 Å². The number of aliphatic carboxylic acids is 1. The van der Waals surface area contributed by atoms with Crippen molar-refractivity contribution < 1.29 is 14.6 Å². The molecule has 3 heteroatoms. The van der Waals surface area contributed by atoms with Crippen molar-refractivity contribution in [1.82, 2.24) is 0 Å². The molecule has 3 rings (SSSR count). The van der Waals surface area contributed by atoms with Crippen LogP contribution in [0.5, 0.6) is 5.75 Å². The van der Waals surface area contributed by atoms with Crippen LogP contribution in [0.2, 0.25) is 0 Å². The first-order valence-corrected chi connectivity index (χ1v) is 9.68. The topological polar surface area (TPSA) is 46.5 Å². The Balaban J connectivity index is 1.61. The van der Waals surface area contributed by atoms with Crippen LogP contribution in [0.1, 0.15) is 69.8 Å². The molecule has 0 unspecified atom stereocenters.